The predicted molar refractivity (Wildman–Crippen MR) is 72.1 cm³/mol. The van der Waals surface area contributed by atoms with Crippen LogP contribution in [0.15, 0.2) is 18.2 Å². The summed E-state index contributed by atoms with van der Waals surface area (Å²) in [6, 6.07) is 6.06. The van der Waals surface area contributed by atoms with Crippen LogP contribution in [0.1, 0.15) is 32.2 Å². The van der Waals surface area contributed by atoms with Gasteiger partial charge in [-0.15, -0.1) is 0 Å². The zero-order valence-corrected chi connectivity index (χ0v) is 11.3. The fraction of sp³-hybridized carbons (Fsp3) is 0.429. The second-order valence-corrected chi connectivity index (χ2v) is 5.64. The van der Waals surface area contributed by atoms with Gasteiger partial charge < -0.3 is 10.3 Å². The Hall–Kier alpha value is -1.84. The molecule has 0 fully saturated rings. The molecule has 4 nitrogen and oxygen atoms in total. The molecule has 0 spiro atoms. The van der Waals surface area contributed by atoms with E-state index in [1.54, 1.807) is 0 Å². The first kappa shape index (κ1) is 12.6. The van der Waals surface area contributed by atoms with E-state index in [0.717, 1.165) is 16.9 Å². The molecule has 2 rings (SSSR count). The van der Waals surface area contributed by atoms with Crippen molar-refractivity contribution >= 4 is 16.9 Å². The molecule has 1 amide bonds. The Bertz CT molecular complexity index is 578. The van der Waals surface area contributed by atoms with Crippen molar-refractivity contribution in [1.29, 1.82) is 0 Å². The first-order valence-electron chi connectivity index (χ1n) is 6.10. The van der Waals surface area contributed by atoms with Gasteiger partial charge in [0.15, 0.2) is 0 Å². The molecule has 1 aromatic heterocycles. The number of carbonyl (C=O) groups is 1. The number of aryl methyl sites for hydroxylation is 1. The van der Waals surface area contributed by atoms with E-state index in [-0.39, 0.29) is 11.3 Å². The molecule has 0 aliphatic carbocycles. The minimum Gasteiger partial charge on any atom is -0.348 e. The molecule has 0 radical (unpaired) electrons. The maximum absolute atomic E-state index is 11.8. The van der Waals surface area contributed by atoms with Crippen molar-refractivity contribution in [3.05, 3.63) is 29.6 Å². The van der Waals surface area contributed by atoms with Gasteiger partial charge in [-0.25, -0.2) is 4.98 Å². The molecule has 2 aromatic rings. The summed E-state index contributed by atoms with van der Waals surface area (Å²) in [5.74, 6) is 0.812. The number of nitrogens with zero attached hydrogens (tertiary/aromatic N) is 1. The van der Waals surface area contributed by atoms with E-state index in [9.17, 15) is 4.79 Å². The summed E-state index contributed by atoms with van der Waals surface area (Å²) in [5, 5.41) is 2.88. The number of carbonyl (C=O) groups excluding carboxylic acids is 1. The van der Waals surface area contributed by atoms with Crippen LogP contribution < -0.4 is 5.32 Å². The van der Waals surface area contributed by atoms with Crippen LogP contribution in [-0.4, -0.2) is 15.9 Å². The molecule has 0 saturated heterocycles. The number of nitrogens with one attached hydrogen (secondary N) is 2. The third-order valence-electron chi connectivity index (χ3n) is 2.78. The molecule has 0 saturated carbocycles. The highest BCUT2D eigenvalue weighted by Gasteiger charge is 2.20. The van der Waals surface area contributed by atoms with Gasteiger partial charge in [0, 0.05) is 5.41 Å². The minimum absolute atomic E-state index is 0.0270. The number of rotatable bonds is 2. The van der Waals surface area contributed by atoms with Crippen LogP contribution in [0.5, 0.6) is 0 Å². The Labute approximate surface area is 107 Å². The van der Waals surface area contributed by atoms with Gasteiger partial charge in [0.25, 0.3) is 0 Å². The molecule has 0 aliphatic rings. The fourth-order valence-corrected chi connectivity index (χ4v) is 1.69. The molecule has 18 heavy (non-hydrogen) atoms. The second kappa shape index (κ2) is 4.44. The summed E-state index contributed by atoms with van der Waals surface area (Å²) in [4.78, 5) is 19.4. The lowest BCUT2D eigenvalue weighted by Crippen LogP contribution is -2.34. The van der Waals surface area contributed by atoms with Gasteiger partial charge in [-0.05, 0) is 24.6 Å². The lowest BCUT2D eigenvalue weighted by atomic mass is 9.96. The average molecular weight is 245 g/mol. The van der Waals surface area contributed by atoms with E-state index in [4.69, 9.17) is 0 Å². The van der Waals surface area contributed by atoms with E-state index in [0.29, 0.717) is 6.54 Å². The lowest BCUT2D eigenvalue weighted by molar-refractivity contribution is -0.128. The summed E-state index contributed by atoms with van der Waals surface area (Å²) in [6.45, 7) is 8.16. The van der Waals surface area contributed by atoms with Gasteiger partial charge in [-0.1, -0.05) is 26.8 Å². The Kier molecular flexibility index (Phi) is 3.11. The summed E-state index contributed by atoms with van der Waals surface area (Å²) in [5.41, 5.74) is 2.76. The molecule has 0 bridgehead atoms. The maximum atomic E-state index is 11.8. The molecule has 2 N–H and O–H groups in total. The van der Waals surface area contributed by atoms with E-state index in [1.807, 2.05) is 39.8 Å². The number of H-pyrrole nitrogens is 1. The first-order chi connectivity index (χ1) is 8.36. The van der Waals surface area contributed by atoms with E-state index < -0.39 is 0 Å². The fourth-order valence-electron chi connectivity index (χ4n) is 1.69. The number of hydrogen-bond acceptors (Lipinski definition) is 2. The Morgan fingerprint density at radius 1 is 1.39 bits per heavy atom. The SMILES string of the molecule is Cc1ccc2nc(CNC(=O)C(C)(C)C)[nH]c2c1. The summed E-state index contributed by atoms with van der Waals surface area (Å²) < 4.78 is 0. The van der Waals surface area contributed by atoms with Crippen molar-refractivity contribution < 1.29 is 4.79 Å². The molecule has 96 valence electrons. The van der Waals surface area contributed by atoms with Crippen LogP contribution in [0.3, 0.4) is 0 Å². The number of imidazole rings is 1. The van der Waals surface area contributed by atoms with Crippen LogP contribution in [-0.2, 0) is 11.3 Å². The van der Waals surface area contributed by atoms with Crippen molar-refractivity contribution in [2.75, 3.05) is 0 Å². The van der Waals surface area contributed by atoms with Gasteiger partial charge in [0.2, 0.25) is 5.91 Å². The highest BCUT2D eigenvalue weighted by molar-refractivity contribution is 5.81. The van der Waals surface area contributed by atoms with E-state index in [1.165, 1.54) is 5.56 Å². The smallest absolute Gasteiger partial charge is 0.225 e. The zero-order valence-electron chi connectivity index (χ0n) is 11.3. The van der Waals surface area contributed by atoms with Crippen LogP contribution in [0.4, 0.5) is 0 Å². The van der Waals surface area contributed by atoms with Crippen molar-refractivity contribution in [1.82, 2.24) is 15.3 Å². The monoisotopic (exact) mass is 245 g/mol. The molecular weight excluding hydrogens is 226 g/mol. The van der Waals surface area contributed by atoms with Gasteiger partial charge in [-0.3, -0.25) is 4.79 Å². The maximum Gasteiger partial charge on any atom is 0.225 e. The second-order valence-electron chi connectivity index (χ2n) is 5.64. The average Bonchev–Trinajstić information content (AvgIpc) is 2.66. The van der Waals surface area contributed by atoms with Crippen molar-refractivity contribution in [2.24, 2.45) is 5.41 Å². The van der Waals surface area contributed by atoms with Gasteiger partial charge in [-0.2, -0.15) is 0 Å². The lowest BCUT2D eigenvalue weighted by Gasteiger charge is -2.16. The summed E-state index contributed by atoms with van der Waals surface area (Å²) >= 11 is 0. The number of aromatic nitrogens is 2. The molecular formula is C14H19N3O. The van der Waals surface area contributed by atoms with Crippen LogP contribution >= 0.6 is 0 Å². The third kappa shape index (κ3) is 2.70. The van der Waals surface area contributed by atoms with Crippen LogP contribution in [0, 0.1) is 12.3 Å². The van der Waals surface area contributed by atoms with Crippen molar-refractivity contribution in [2.45, 2.75) is 34.2 Å². The number of fused-ring (bicyclic) bond motifs is 1. The van der Waals surface area contributed by atoms with Gasteiger partial charge in [0.05, 0.1) is 17.6 Å². The zero-order chi connectivity index (χ0) is 13.3. The number of amides is 1. The largest absolute Gasteiger partial charge is 0.348 e. The molecule has 1 heterocycles. The third-order valence-corrected chi connectivity index (χ3v) is 2.78. The Morgan fingerprint density at radius 3 is 2.78 bits per heavy atom. The Balaban J connectivity index is 2.11. The summed E-state index contributed by atoms with van der Waals surface area (Å²) in [7, 11) is 0. The number of hydrogen-bond donors (Lipinski definition) is 2. The van der Waals surface area contributed by atoms with Gasteiger partial charge >= 0.3 is 0 Å². The van der Waals surface area contributed by atoms with Crippen LogP contribution in [0.25, 0.3) is 11.0 Å². The quantitative estimate of drug-likeness (QED) is 0.854. The highest BCUT2D eigenvalue weighted by Crippen LogP contribution is 2.15. The van der Waals surface area contributed by atoms with Crippen molar-refractivity contribution in [3.8, 4) is 0 Å². The molecule has 1 aromatic carbocycles. The predicted octanol–water partition coefficient (Wildman–Crippen LogP) is 2.53. The van der Waals surface area contributed by atoms with E-state index in [2.05, 4.69) is 21.4 Å². The standard InChI is InChI=1S/C14H19N3O/c1-9-5-6-10-11(7-9)17-12(16-10)8-15-13(18)14(2,3)4/h5-7H,8H2,1-4H3,(H,15,18)(H,16,17). The minimum atomic E-state index is -0.372. The molecule has 0 unspecified atom stereocenters. The summed E-state index contributed by atoms with van der Waals surface area (Å²) in [6.07, 6.45) is 0. The highest BCUT2D eigenvalue weighted by atomic mass is 16.2. The topological polar surface area (TPSA) is 57.8 Å². The Morgan fingerprint density at radius 2 is 2.11 bits per heavy atom. The van der Waals surface area contributed by atoms with Crippen molar-refractivity contribution in [3.63, 3.8) is 0 Å². The molecule has 0 aliphatic heterocycles. The van der Waals surface area contributed by atoms with Crippen LogP contribution in [0.2, 0.25) is 0 Å². The molecule has 4 heteroatoms. The first-order valence-corrected chi connectivity index (χ1v) is 6.10. The van der Waals surface area contributed by atoms with Gasteiger partial charge in [0.1, 0.15) is 5.82 Å². The normalized spacial score (nSPS) is 11.8. The number of benzene rings is 1. The van der Waals surface area contributed by atoms with E-state index >= 15 is 0 Å². The number of aromatic amines is 1. The molecule has 0 atom stereocenters.